The summed E-state index contributed by atoms with van der Waals surface area (Å²) in [6.45, 7) is 6.22. The molecule has 2 aromatic carbocycles. The average Bonchev–Trinajstić information content (AvgIpc) is 2.44. The van der Waals surface area contributed by atoms with Gasteiger partial charge in [-0.05, 0) is 62.6 Å². The van der Waals surface area contributed by atoms with Gasteiger partial charge in [0.2, 0.25) is 0 Å². The zero-order valence-electron chi connectivity index (χ0n) is 12.7. The Labute approximate surface area is 125 Å². The molecule has 2 rings (SSSR count). The van der Waals surface area contributed by atoms with Crippen molar-refractivity contribution in [2.24, 2.45) is 0 Å². The Balaban J connectivity index is 1.98. The first-order chi connectivity index (χ1) is 9.99. The van der Waals surface area contributed by atoms with Crippen molar-refractivity contribution in [2.75, 3.05) is 6.54 Å². The van der Waals surface area contributed by atoms with Gasteiger partial charge in [-0.25, -0.2) is 8.78 Å². The fraction of sp³-hybridized carbons (Fsp3) is 0.333. The van der Waals surface area contributed by atoms with Crippen LogP contribution in [0.15, 0.2) is 36.4 Å². The van der Waals surface area contributed by atoms with Gasteiger partial charge < -0.3 is 5.32 Å². The first kappa shape index (κ1) is 15.6. The Kier molecular flexibility index (Phi) is 5.07. The van der Waals surface area contributed by atoms with Crippen molar-refractivity contribution in [1.29, 1.82) is 0 Å². The SMILES string of the molecule is Cc1cc(F)c(C(C)NCCc2ccccc2C)cc1F. The van der Waals surface area contributed by atoms with Crippen LogP contribution in [-0.4, -0.2) is 6.54 Å². The molecule has 0 aromatic heterocycles. The topological polar surface area (TPSA) is 12.0 Å². The summed E-state index contributed by atoms with van der Waals surface area (Å²) in [6, 6.07) is 10.5. The van der Waals surface area contributed by atoms with Gasteiger partial charge in [0, 0.05) is 11.6 Å². The molecule has 112 valence electrons. The van der Waals surface area contributed by atoms with Crippen molar-refractivity contribution >= 4 is 0 Å². The molecular weight excluding hydrogens is 268 g/mol. The average molecular weight is 289 g/mol. The van der Waals surface area contributed by atoms with Gasteiger partial charge in [-0.3, -0.25) is 0 Å². The van der Waals surface area contributed by atoms with Crippen LogP contribution in [0.5, 0.6) is 0 Å². The van der Waals surface area contributed by atoms with Crippen LogP contribution in [0.2, 0.25) is 0 Å². The molecule has 21 heavy (non-hydrogen) atoms. The van der Waals surface area contributed by atoms with Crippen molar-refractivity contribution in [2.45, 2.75) is 33.2 Å². The van der Waals surface area contributed by atoms with Crippen LogP contribution in [0.4, 0.5) is 8.78 Å². The fourth-order valence-corrected chi connectivity index (χ4v) is 2.42. The minimum atomic E-state index is -0.362. The van der Waals surface area contributed by atoms with Crippen LogP contribution in [-0.2, 0) is 6.42 Å². The standard InChI is InChI=1S/C18H21F2N/c1-12-6-4-5-7-15(12)8-9-21-14(3)16-11-17(19)13(2)10-18(16)20/h4-7,10-11,14,21H,8-9H2,1-3H3. The van der Waals surface area contributed by atoms with Gasteiger partial charge in [-0.2, -0.15) is 0 Å². The molecule has 1 atom stereocenters. The molecule has 3 heteroatoms. The second kappa shape index (κ2) is 6.81. The molecule has 0 aliphatic carbocycles. The first-order valence-corrected chi connectivity index (χ1v) is 7.22. The molecule has 1 N–H and O–H groups in total. The number of halogens is 2. The summed E-state index contributed by atoms with van der Waals surface area (Å²) in [7, 11) is 0. The third-order valence-corrected chi connectivity index (χ3v) is 3.85. The summed E-state index contributed by atoms with van der Waals surface area (Å²) in [5, 5.41) is 3.26. The molecule has 0 heterocycles. The number of rotatable bonds is 5. The highest BCUT2D eigenvalue weighted by molar-refractivity contribution is 5.28. The van der Waals surface area contributed by atoms with E-state index in [9.17, 15) is 8.78 Å². The van der Waals surface area contributed by atoms with E-state index in [0.717, 1.165) is 13.0 Å². The van der Waals surface area contributed by atoms with Crippen LogP contribution >= 0.6 is 0 Å². The molecule has 1 nitrogen and oxygen atoms in total. The van der Waals surface area contributed by atoms with E-state index in [4.69, 9.17) is 0 Å². The number of hydrogen-bond acceptors (Lipinski definition) is 1. The lowest BCUT2D eigenvalue weighted by Crippen LogP contribution is -2.22. The van der Waals surface area contributed by atoms with E-state index in [1.807, 2.05) is 19.1 Å². The van der Waals surface area contributed by atoms with Gasteiger partial charge in [0.15, 0.2) is 0 Å². The van der Waals surface area contributed by atoms with Gasteiger partial charge >= 0.3 is 0 Å². The van der Waals surface area contributed by atoms with Gasteiger partial charge in [-0.15, -0.1) is 0 Å². The minimum absolute atomic E-state index is 0.218. The minimum Gasteiger partial charge on any atom is -0.310 e. The highest BCUT2D eigenvalue weighted by Gasteiger charge is 2.13. The Bertz CT molecular complexity index is 623. The molecule has 2 aromatic rings. The summed E-state index contributed by atoms with van der Waals surface area (Å²) in [5.41, 5.74) is 3.23. The van der Waals surface area contributed by atoms with Gasteiger partial charge in [0.1, 0.15) is 11.6 Å². The van der Waals surface area contributed by atoms with Crippen molar-refractivity contribution in [3.63, 3.8) is 0 Å². The van der Waals surface area contributed by atoms with Gasteiger partial charge in [0.05, 0.1) is 0 Å². The van der Waals surface area contributed by atoms with Crippen molar-refractivity contribution in [1.82, 2.24) is 5.32 Å². The van der Waals surface area contributed by atoms with Crippen molar-refractivity contribution in [3.8, 4) is 0 Å². The zero-order chi connectivity index (χ0) is 15.4. The van der Waals surface area contributed by atoms with E-state index in [1.54, 1.807) is 6.92 Å². The van der Waals surface area contributed by atoms with E-state index in [0.29, 0.717) is 11.1 Å². The lowest BCUT2D eigenvalue weighted by Gasteiger charge is -2.16. The Morgan fingerprint density at radius 3 is 2.43 bits per heavy atom. The predicted octanol–water partition coefficient (Wildman–Crippen LogP) is 4.47. The molecule has 0 spiro atoms. The van der Waals surface area contributed by atoms with Crippen molar-refractivity contribution < 1.29 is 8.78 Å². The second-order valence-corrected chi connectivity index (χ2v) is 5.48. The van der Waals surface area contributed by atoms with Crippen LogP contribution in [0.1, 0.15) is 35.2 Å². The smallest absolute Gasteiger partial charge is 0.128 e. The van der Waals surface area contributed by atoms with Crippen LogP contribution in [0.3, 0.4) is 0 Å². The van der Waals surface area contributed by atoms with E-state index in [1.165, 1.54) is 23.3 Å². The highest BCUT2D eigenvalue weighted by atomic mass is 19.1. The zero-order valence-corrected chi connectivity index (χ0v) is 12.7. The maximum Gasteiger partial charge on any atom is 0.128 e. The van der Waals surface area contributed by atoms with E-state index < -0.39 is 0 Å². The molecule has 0 radical (unpaired) electrons. The summed E-state index contributed by atoms with van der Waals surface area (Å²) in [5.74, 6) is -0.719. The molecule has 0 aliphatic rings. The molecule has 0 amide bonds. The second-order valence-electron chi connectivity index (χ2n) is 5.48. The van der Waals surface area contributed by atoms with E-state index in [-0.39, 0.29) is 17.7 Å². The summed E-state index contributed by atoms with van der Waals surface area (Å²) >= 11 is 0. The summed E-state index contributed by atoms with van der Waals surface area (Å²) in [6.07, 6.45) is 0.868. The number of aryl methyl sites for hydroxylation is 2. The molecule has 0 aliphatic heterocycles. The largest absolute Gasteiger partial charge is 0.310 e. The molecule has 0 saturated carbocycles. The number of nitrogens with one attached hydrogen (secondary N) is 1. The normalized spacial score (nSPS) is 12.4. The molecule has 1 unspecified atom stereocenters. The molecular formula is C18H21F2N. The monoisotopic (exact) mass is 289 g/mol. The van der Waals surface area contributed by atoms with Gasteiger partial charge in [0.25, 0.3) is 0 Å². The Morgan fingerprint density at radius 1 is 1.00 bits per heavy atom. The number of hydrogen-bond donors (Lipinski definition) is 1. The lowest BCUT2D eigenvalue weighted by molar-refractivity contribution is 0.518. The fourth-order valence-electron chi connectivity index (χ4n) is 2.42. The van der Waals surface area contributed by atoms with E-state index >= 15 is 0 Å². The van der Waals surface area contributed by atoms with E-state index in [2.05, 4.69) is 24.4 Å². The maximum atomic E-state index is 13.9. The third kappa shape index (κ3) is 3.88. The molecule has 0 saturated heterocycles. The summed E-state index contributed by atoms with van der Waals surface area (Å²) < 4.78 is 27.5. The Morgan fingerprint density at radius 2 is 1.71 bits per heavy atom. The van der Waals surface area contributed by atoms with Crippen LogP contribution in [0.25, 0.3) is 0 Å². The lowest BCUT2D eigenvalue weighted by atomic mass is 10.0. The first-order valence-electron chi connectivity index (χ1n) is 7.22. The van der Waals surface area contributed by atoms with Gasteiger partial charge in [-0.1, -0.05) is 24.3 Å². The quantitative estimate of drug-likeness (QED) is 0.856. The molecule has 0 fully saturated rings. The molecule has 0 bridgehead atoms. The predicted molar refractivity (Wildman–Crippen MR) is 82.4 cm³/mol. The highest BCUT2D eigenvalue weighted by Crippen LogP contribution is 2.20. The third-order valence-electron chi connectivity index (χ3n) is 3.85. The number of benzene rings is 2. The van der Waals surface area contributed by atoms with Crippen molar-refractivity contribution in [3.05, 3.63) is 70.3 Å². The van der Waals surface area contributed by atoms with Crippen LogP contribution < -0.4 is 5.32 Å². The summed E-state index contributed by atoms with van der Waals surface area (Å²) in [4.78, 5) is 0. The van der Waals surface area contributed by atoms with Crippen LogP contribution in [0, 0.1) is 25.5 Å². The Hall–Kier alpha value is -1.74. The maximum absolute atomic E-state index is 13.9.